The van der Waals surface area contributed by atoms with E-state index < -0.39 is 0 Å². The zero-order valence-corrected chi connectivity index (χ0v) is 18.0. The lowest BCUT2D eigenvalue weighted by Crippen LogP contribution is -2.35. The molecule has 0 saturated heterocycles. The van der Waals surface area contributed by atoms with Crippen LogP contribution in [0.5, 0.6) is 11.6 Å². The van der Waals surface area contributed by atoms with Gasteiger partial charge in [-0.1, -0.05) is 0 Å². The van der Waals surface area contributed by atoms with Crippen molar-refractivity contribution in [1.29, 1.82) is 0 Å². The molecule has 0 spiro atoms. The van der Waals surface area contributed by atoms with Crippen LogP contribution in [0.15, 0.2) is 53.6 Å². The topological polar surface area (TPSA) is 93.2 Å². The summed E-state index contributed by atoms with van der Waals surface area (Å²) in [6.07, 6.45) is 4.04. The van der Waals surface area contributed by atoms with Crippen molar-refractivity contribution >= 4 is 10.9 Å². The summed E-state index contributed by atoms with van der Waals surface area (Å²) < 4.78 is 10.9. The highest BCUT2D eigenvalue weighted by molar-refractivity contribution is 5.81. The average Bonchev–Trinajstić information content (AvgIpc) is 2.83. The van der Waals surface area contributed by atoms with Gasteiger partial charge in [-0.15, -0.1) is 0 Å². The van der Waals surface area contributed by atoms with Crippen LogP contribution in [0.3, 0.4) is 0 Å². The maximum absolute atomic E-state index is 12.6. The highest BCUT2D eigenvalue weighted by Crippen LogP contribution is 2.28. The van der Waals surface area contributed by atoms with Crippen LogP contribution >= 0.6 is 0 Å². The number of fused-ring (bicyclic) bond motifs is 2. The molecule has 0 saturated carbocycles. The van der Waals surface area contributed by atoms with E-state index in [1.165, 1.54) is 0 Å². The number of aromatic nitrogens is 4. The van der Waals surface area contributed by atoms with E-state index in [1.807, 2.05) is 30.3 Å². The molecule has 1 aromatic carbocycles. The van der Waals surface area contributed by atoms with Crippen molar-refractivity contribution < 1.29 is 9.47 Å². The molecule has 0 unspecified atom stereocenters. The molecule has 0 atom stereocenters. The van der Waals surface area contributed by atoms with Gasteiger partial charge in [0.1, 0.15) is 11.6 Å². The van der Waals surface area contributed by atoms with Gasteiger partial charge >= 0.3 is 0 Å². The minimum Gasteiger partial charge on any atom is -0.497 e. The van der Waals surface area contributed by atoms with Crippen LogP contribution in [-0.2, 0) is 19.5 Å². The molecule has 8 heteroatoms. The lowest BCUT2D eigenvalue weighted by Gasteiger charge is -2.28. The number of pyridine rings is 2. The molecule has 0 aliphatic carbocycles. The predicted octanol–water partition coefficient (Wildman–Crippen LogP) is 2.96. The molecule has 0 amide bonds. The predicted molar refractivity (Wildman–Crippen MR) is 121 cm³/mol. The van der Waals surface area contributed by atoms with Crippen molar-refractivity contribution in [2.45, 2.75) is 19.5 Å². The minimum absolute atomic E-state index is 0.0765. The quantitative estimate of drug-likeness (QED) is 0.521. The summed E-state index contributed by atoms with van der Waals surface area (Å²) in [4.78, 5) is 31.4. The van der Waals surface area contributed by atoms with Crippen LogP contribution in [0.1, 0.15) is 16.8 Å². The fraction of sp³-hybridized carbons (Fsp3) is 0.250. The molecule has 3 aromatic heterocycles. The Hall–Kier alpha value is -3.78. The fourth-order valence-electron chi connectivity index (χ4n) is 4.10. The zero-order chi connectivity index (χ0) is 22.1. The first-order valence-electron chi connectivity index (χ1n) is 10.4. The normalized spacial score (nSPS) is 13.7. The van der Waals surface area contributed by atoms with Crippen LogP contribution in [-0.4, -0.2) is 45.6 Å². The number of hydrogen-bond acceptors (Lipinski definition) is 7. The number of nitrogens with zero attached hydrogens (tertiary/aromatic N) is 4. The number of methoxy groups -OCH3 is 2. The number of rotatable bonds is 5. The molecule has 5 rings (SSSR count). The molecular weight excluding hydrogens is 406 g/mol. The molecule has 8 nitrogen and oxygen atoms in total. The van der Waals surface area contributed by atoms with Crippen LogP contribution < -0.4 is 15.0 Å². The van der Waals surface area contributed by atoms with Crippen molar-refractivity contribution in [3.8, 4) is 23.0 Å². The zero-order valence-electron chi connectivity index (χ0n) is 18.0. The highest BCUT2D eigenvalue weighted by atomic mass is 16.5. The second-order valence-electron chi connectivity index (χ2n) is 7.76. The maximum atomic E-state index is 12.6. The molecule has 4 aromatic rings. The van der Waals surface area contributed by atoms with Gasteiger partial charge in [0, 0.05) is 60.2 Å². The number of benzene rings is 1. The van der Waals surface area contributed by atoms with Gasteiger partial charge in [-0.25, -0.2) is 9.97 Å². The lowest BCUT2D eigenvalue weighted by atomic mass is 10.0. The van der Waals surface area contributed by atoms with Crippen LogP contribution in [0.25, 0.3) is 22.3 Å². The van der Waals surface area contributed by atoms with Gasteiger partial charge in [-0.2, -0.15) is 0 Å². The molecule has 1 aliphatic heterocycles. The molecule has 0 fully saturated rings. The van der Waals surface area contributed by atoms with Crippen molar-refractivity contribution in [2.24, 2.45) is 0 Å². The van der Waals surface area contributed by atoms with E-state index >= 15 is 0 Å². The van der Waals surface area contributed by atoms with E-state index in [4.69, 9.17) is 14.5 Å². The van der Waals surface area contributed by atoms with E-state index in [1.54, 1.807) is 26.6 Å². The van der Waals surface area contributed by atoms with Gasteiger partial charge in [-0.3, -0.25) is 14.7 Å². The summed E-state index contributed by atoms with van der Waals surface area (Å²) in [6.45, 7) is 1.98. The smallest absolute Gasteiger partial charge is 0.254 e. The Morgan fingerprint density at radius 2 is 2.03 bits per heavy atom. The largest absolute Gasteiger partial charge is 0.497 e. The standard InChI is InChI=1S/C24H23N5O3/c1-31-18-6-5-15-10-17(24(32-2)27-20(15)11-18)13-29-9-7-19-21(14-29)26-22(28-23(19)30)16-4-3-8-25-12-16/h3-6,8,10-12H,7,9,13-14H2,1-2H3,(H,26,28,30). The van der Waals surface area contributed by atoms with Crippen LogP contribution in [0, 0.1) is 0 Å². The van der Waals surface area contributed by atoms with Crippen molar-refractivity contribution in [3.63, 3.8) is 0 Å². The van der Waals surface area contributed by atoms with E-state index in [9.17, 15) is 4.79 Å². The maximum Gasteiger partial charge on any atom is 0.254 e. The van der Waals surface area contributed by atoms with Gasteiger partial charge in [0.05, 0.1) is 25.4 Å². The Kier molecular flexibility index (Phi) is 5.28. The van der Waals surface area contributed by atoms with Gasteiger partial charge < -0.3 is 14.5 Å². The summed E-state index contributed by atoms with van der Waals surface area (Å²) >= 11 is 0. The monoisotopic (exact) mass is 429 g/mol. The number of H-pyrrole nitrogens is 1. The van der Waals surface area contributed by atoms with E-state index in [0.717, 1.165) is 45.6 Å². The summed E-state index contributed by atoms with van der Waals surface area (Å²) in [7, 11) is 3.27. The molecule has 0 bridgehead atoms. The third kappa shape index (κ3) is 3.80. The number of hydrogen-bond donors (Lipinski definition) is 1. The third-order valence-corrected chi connectivity index (χ3v) is 5.74. The number of nitrogens with one attached hydrogen (secondary N) is 1. The molecule has 1 N–H and O–H groups in total. The SMILES string of the molecule is COc1ccc2cc(CN3CCc4c(nc(-c5cccnc5)[nH]c4=O)C3)c(OC)nc2c1. The van der Waals surface area contributed by atoms with E-state index in [-0.39, 0.29) is 5.56 Å². The Morgan fingerprint density at radius 3 is 2.81 bits per heavy atom. The molecule has 0 radical (unpaired) electrons. The fourth-order valence-corrected chi connectivity index (χ4v) is 4.10. The Balaban J connectivity index is 1.44. The van der Waals surface area contributed by atoms with Gasteiger partial charge in [0.15, 0.2) is 0 Å². The minimum atomic E-state index is -0.0765. The highest BCUT2D eigenvalue weighted by Gasteiger charge is 2.23. The molecule has 162 valence electrons. The molecular formula is C24H23N5O3. The summed E-state index contributed by atoms with van der Waals surface area (Å²) in [6, 6.07) is 11.6. The average molecular weight is 429 g/mol. The van der Waals surface area contributed by atoms with Gasteiger partial charge in [0.25, 0.3) is 5.56 Å². The Labute approximate surface area is 184 Å². The van der Waals surface area contributed by atoms with Crippen LogP contribution in [0.4, 0.5) is 0 Å². The molecule has 1 aliphatic rings. The second-order valence-corrected chi connectivity index (χ2v) is 7.76. The summed E-state index contributed by atoms with van der Waals surface area (Å²) in [5.74, 6) is 1.89. The Morgan fingerprint density at radius 1 is 1.12 bits per heavy atom. The Bertz CT molecular complexity index is 1340. The summed E-state index contributed by atoms with van der Waals surface area (Å²) in [5, 5.41) is 1.02. The third-order valence-electron chi connectivity index (χ3n) is 5.74. The second kappa shape index (κ2) is 8.39. The van der Waals surface area contributed by atoms with Gasteiger partial charge in [-0.05, 0) is 36.8 Å². The van der Waals surface area contributed by atoms with Crippen LogP contribution in [0.2, 0.25) is 0 Å². The van der Waals surface area contributed by atoms with Crippen molar-refractivity contribution in [3.05, 3.63) is 76.0 Å². The lowest BCUT2D eigenvalue weighted by molar-refractivity contribution is 0.236. The molecule has 4 heterocycles. The first-order valence-corrected chi connectivity index (χ1v) is 10.4. The number of aromatic amines is 1. The van der Waals surface area contributed by atoms with E-state index in [0.29, 0.717) is 31.2 Å². The molecule has 32 heavy (non-hydrogen) atoms. The van der Waals surface area contributed by atoms with Crippen molar-refractivity contribution in [2.75, 3.05) is 20.8 Å². The summed E-state index contributed by atoms with van der Waals surface area (Å²) in [5.41, 5.74) is 4.09. The number of ether oxygens (including phenoxy) is 2. The first kappa shape index (κ1) is 20.1. The first-order chi connectivity index (χ1) is 15.6. The van der Waals surface area contributed by atoms with Crippen molar-refractivity contribution in [1.82, 2.24) is 24.8 Å². The van der Waals surface area contributed by atoms with Gasteiger partial charge in [0.2, 0.25) is 5.88 Å². The van der Waals surface area contributed by atoms with E-state index in [2.05, 4.69) is 25.9 Å².